The minimum Gasteiger partial charge on any atom is -0.496 e. The summed E-state index contributed by atoms with van der Waals surface area (Å²) >= 11 is 0. The van der Waals surface area contributed by atoms with E-state index in [0.29, 0.717) is 13.2 Å². The van der Waals surface area contributed by atoms with Gasteiger partial charge in [-0.1, -0.05) is 18.2 Å². The van der Waals surface area contributed by atoms with Crippen LogP contribution in [0.1, 0.15) is 5.56 Å². The van der Waals surface area contributed by atoms with E-state index in [1.54, 1.807) is 19.6 Å². The molecule has 102 valence electrons. The first kappa shape index (κ1) is 13.6. The van der Waals surface area contributed by atoms with Crippen LogP contribution in [-0.4, -0.2) is 34.5 Å². The fraction of sp³-hybridized carbons (Fsp3) is 0.357. The highest BCUT2D eigenvalue weighted by atomic mass is 16.5. The van der Waals surface area contributed by atoms with E-state index < -0.39 is 6.10 Å². The molecule has 2 rings (SSSR count). The second-order valence-corrected chi connectivity index (χ2v) is 4.24. The van der Waals surface area contributed by atoms with E-state index >= 15 is 0 Å². The zero-order valence-corrected chi connectivity index (χ0v) is 10.9. The van der Waals surface area contributed by atoms with Crippen molar-refractivity contribution in [2.45, 2.75) is 19.3 Å². The van der Waals surface area contributed by atoms with Gasteiger partial charge < -0.3 is 19.1 Å². The number of hydrogen-bond donors (Lipinski definition) is 1. The third-order valence-electron chi connectivity index (χ3n) is 2.74. The van der Waals surface area contributed by atoms with Gasteiger partial charge in [0.05, 0.1) is 39.3 Å². The molecule has 1 atom stereocenters. The summed E-state index contributed by atoms with van der Waals surface area (Å²) in [6.45, 7) is 1.17. The Bertz CT molecular complexity index is 485. The van der Waals surface area contributed by atoms with Crippen LogP contribution in [0.2, 0.25) is 0 Å². The zero-order valence-electron chi connectivity index (χ0n) is 10.9. The quantitative estimate of drug-likeness (QED) is 0.821. The average molecular weight is 262 g/mol. The van der Waals surface area contributed by atoms with Crippen LogP contribution in [0.5, 0.6) is 5.75 Å². The molecule has 0 bridgehead atoms. The lowest BCUT2D eigenvalue weighted by molar-refractivity contribution is 0.0197. The maximum atomic E-state index is 9.82. The van der Waals surface area contributed by atoms with Gasteiger partial charge in [-0.3, -0.25) is 0 Å². The first-order chi connectivity index (χ1) is 9.29. The monoisotopic (exact) mass is 262 g/mol. The van der Waals surface area contributed by atoms with Crippen molar-refractivity contribution in [2.75, 3.05) is 13.7 Å². The van der Waals surface area contributed by atoms with Gasteiger partial charge in [0.1, 0.15) is 5.75 Å². The number of para-hydroxylation sites is 1. The average Bonchev–Trinajstić information content (AvgIpc) is 2.92. The molecule has 0 saturated carbocycles. The number of ether oxygens (including phenoxy) is 2. The van der Waals surface area contributed by atoms with Crippen LogP contribution in [0.25, 0.3) is 0 Å². The Morgan fingerprint density at radius 2 is 2.21 bits per heavy atom. The minimum atomic E-state index is -0.552. The zero-order chi connectivity index (χ0) is 13.5. The highest BCUT2D eigenvalue weighted by molar-refractivity contribution is 5.32. The molecule has 5 heteroatoms. The Hall–Kier alpha value is -1.85. The predicted molar refractivity (Wildman–Crippen MR) is 70.9 cm³/mol. The summed E-state index contributed by atoms with van der Waals surface area (Å²) in [6, 6.07) is 7.68. The van der Waals surface area contributed by atoms with Crippen molar-refractivity contribution < 1.29 is 14.6 Å². The van der Waals surface area contributed by atoms with Gasteiger partial charge in [0.25, 0.3) is 0 Å². The van der Waals surface area contributed by atoms with Crippen LogP contribution in [-0.2, 0) is 17.9 Å². The molecule has 19 heavy (non-hydrogen) atoms. The number of hydrogen-bond acceptors (Lipinski definition) is 4. The summed E-state index contributed by atoms with van der Waals surface area (Å²) in [5, 5.41) is 9.82. The third-order valence-corrected chi connectivity index (χ3v) is 2.74. The number of methoxy groups -OCH3 is 1. The second kappa shape index (κ2) is 6.92. The summed E-state index contributed by atoms with van der Waals surface area (Å²) in [5.41, 5.74) is 0.972. The van der Waals surface area contributed by atoms with E-state index in [2.05, 4.69) is 4.98 Å². The first-order valence-corrected chi connectivity index (χ1v) is 6.13. The van der Waals surface area contributed by atoms with Crippen molar-refractivity contribution in [3.63, 3.8) is 0 Å². The molecule has 1 unspecified atom stereocenters. The van der Waals surface area contributed by atoms with Crippen molar-refractivity contribution in [3.8, 4) is 5.75 Å². The Morgan fingerprint density at radius 3 is 2.95 bits per heavy atom. The molecular formula is C14H18N2O3. The normalized spacial score (nSPS) is 12.3. The highest BCUT2D eigenvalue weighted by Crippen LogP contribution is 2.17. The Labute approximate surface area is 112 Å². The molecule has 1 aromatic carbocycles. The van der Waals surface area contributed by atoms with Crippen molar-refractivity contribution in [3.05, 3.63) is 48.5 Å². The van der Waals surface area contributed by atoms with Gasteiger partial charge in [-0.05, 0) is 6.07 Å². The number of aromatic nitrogens is 2. The van der Waals surface area contributed by atoms with Crippen LogP contribution < -0.4 is 4.74 Å². The van der Waals surface area contributed by atoms with Crippen molar-refractivity contribution in [1.82, 2.24) is 9.55 Å². The molecule has 0 amide bonds. The van der Waals surface area contributed by atoms with Crippen LogP contribution in [0.3, 0.4) is 0 Å². The van der Waals surface area contributed by atoms with Crippen LogP contribution in [0.4, 0.5) is 0 Å². The first-order valence-electron chi connectivity index (χ1n) is 6.13. The lowest BCUT2D eigenvalue weighted by Gasteiger charge is -2.13. The molecule has 0 fully saturated rings. The highest BCUT2D eigenvalue weighted by Gasteiger charge is 2.07. The molecule has 0 aliphatic heterocycles. The Kier molecular flexibility index (Phi) is 4.94. The van der Waals surface area contributed by atoms with Crippen LogP contribution in [0, 0.1) is 0 Å². The third kappa shape index (κ3) is 4.08. The van der Waals surface area contributed by atoms with E-state index in [1.165, 1.54) is 0 Å². The van der Waals surface area contributed by atoms with E-state index in [9.17, 15) is 5.11 Å². The van der Waals surface area contributed by atoms with E-state index in [0.717, 1.165) is 11.3 Å². The van der Waals surface area contributed by atoms with Crippen molar-refractivity contribution in [2.24, 2.45) is 0 Å². The summed E-state index contributed by atoms with van der Waals surface area (Å²) < 4.78 is 12.6. The van der Waals surface area contributed by atoms with Crippen LogP contribution in [0.15, 0.2) is 43.0 Å². The molecule has 5 nitrogen and oxygen atoms in total. The Morgan fingerprint density at radius 1 is 1.37 bits per heavy atom. The number of aliphatic hydroxyl groups excluding tert-OH is 1. The minimum absolute atomic E-state index is 0.274. The smallest absolute Gasteiger partial charge is 0.124 e. The summed E-state index contributed by atoms with van der Waals surface area (Å²) in [7, 11) is 1.63. The van der Waals surface area contributed by atoms with Gasteiger partial charge in [0.2, 0.25) is 0 Å². The van der Waals surface area contributed by atoms with E-state index in [1.807, 2.05) is 35.0 Å². The van der Waals surface area contributed by atoms with Gasteiger partial charge in [-0.2, -0.15) is 0 Å². The fourth-order valence-corrected chi connectivity index (χ4v) is 1.82. The molecule has 1 aromatic heterocycles. The number of benzene rings is 1. The summed E-state index contributed by atoms with van der Waals surface area (Å²) in [5.74, 6) is 0.798. The van der Waals surface area contributed by atoms with Gasteiger partial charge in [-0.15, -0.1) is 0 Å². The molecule has 2 aromatic rings. The molecule has 1 N–H and O–H groups in total. The fourth-order valence-electron chi connectivity index (χ4n) is 1.82. The topological polar surface area (TPSA) is 56.5 Å². The molecule has 0 radical (unpaired) electrons. The number of rotatable bonds is 7. The second-order valence-electron chi connectivity index (χ2n) is 4.24. The molecule has 0 aliphatic rings. The van der Waals surface area contributed by atoms with Crippen molar-refractivity contribution in [1.29, 1.82) is 0 Å². The lowest BCUT2D eigenvalue weighted by Crippen LogP contribution is -2.21. The molecule has 0 saturated heterocycles. The number of aliphatic hydroxyl groups is 1. The van der Waals surface area contributed by atoms with Gasteiger partial charge in [0, 0.05) is 18.0 Å². The number of imidazole rings is 1. The van der Waals surface area contributed by atoms with Gasteiger partial charge in [0.15, 0.2) is 0 Å². The number of nitrogens with zero attached hydrogens (tertiary/aromatic N) is 2. The molecule has 1 heterocycles. The van der Waals surface area contributed by atoms with Gasteiger partial charge in [-0.25, -0.2) is 4.98 Å². The molecule has 0 aliphatic carbocycles. The molecular weight excluding hydrogens is 244 g/mol. The summed E-state index contributed by atoms with van der Waals surface area (Å²) in [6.07, 6.45) is 4.61. The maximum absolute atomic E-state index is 9.82. The van der Waals surface area contributed by atoms with Crippen LogP contribution >= 0.6 is 0 Å². The lowest BCUT2D eigenvalue weighted by atomic mass is 10.2. The van der Waals surface area contributed by atoms with Crippen molar-refractivity contribution >= 4 is 0 Å². The maximum Gasteiger partial charge on any atom is 0.124 e. The van der Waals surface area contributed by atoms with E-state index in [-0.39, 0.29) is 6.61 Å². The van der Waals surface area contributed by atoms with Gasteiger partial charge >= 0.3 is 0 Å². The Balaban J connectivity index is 1.76. The van der Waals surface area contributed by atoms with E-state index in [4.69, 9.17) is 9.47 Å². The largest absolute Gasteiger partial charge is 0.496 e. The predicted octanol–water partition coefficient (Wildman–Crippen LogP) is 1.47. The standard InChI is InChI=1S/C14H18N2O3/c1-18-14-5-3-2-4-12(14)9-19-10-13(17)8-16-7-6-15-11-16/h2-7,11,13,17H,8-10H2,1H3. The molecule has 0 spiro atoms. The SMILES string of the molecule is COc1ccccc1COCC(O)Cn1ccnc1. The summed E-state index contributed by atoms with van der Waals surface area (Å²) in [4.78, 5) is 3.92.